The fourth-order valence-electron chi connectivity index (χ4n) is 0. The third-order valence-corrected chi connectivity index (χ3v) is 0.183. The molecule has 0 heterocycles. The van der Waals surface area contributed by atoms with Crippen molar-refractivity contribution in [3.63, 3.8) is 0 Å². The van der Waals surface area contributed by atoms with Crippen LogP contribution in [0.2, 0.25) is 0 Å². The van der Waals surface area contributed by atoms with E-state index >= 15 is 0 Å². The van der Waals surface area contributed by atoms with E-state index in [9.17, 15) is 0 Å². The molecule has 0 spiro atoms. The van der Waals surface area contributed by atoms with Crippen LogP contribution >= 0.6 is 0 Å². The molecular formula is C2H2O4Zn+2. The fourth-order valence-corrected chi connectivity index (χ4v) is 0. The van der Waals surface area contributed by atoms with Gasteiger partial charge in [-0.2, -0.15) is 0 Å². The van der Waals surface area contributed by atoms with Gasteiger partial charge in [-0.25, -0.2) is 9.59 Å². The maximum Gasteiger partial charge on any atom is 2.00 e. The molecule has 0 unspecified atom stereocenters. The van der Waals surface area contributed by atoms with E-state index in [4.69, 9.17) is 19.8 Å². The summed E-state index contributed by atoms with van der Waals surface area (Å²) in [6.45, 7) is 0. The van der Waals surface area contributed by atoms with Gasteiger partial charge in [-0.3, -0.25) is 0 Å². The molecule has 0 aromatic heterocycles. The molecule has 7 heavy (non-hydrogen) atoms. The molecule has 0 atom stereocenters. The van der Waals surface area contributed by atoms with Crippen LogP contribution in [0.15, 0.2) is 0 Å². The predicted octanol–water partition coefficient (Wildman–Crippen LogP) is -0.847. The van der Waals surface area contributed by atoms with E-state index in [1.165, 1.54) is 0 Å². The third kappa shape index (κ3) is 5.56. The predicted molar refractivity (Wildman–Crippen MR) is 15.3 cm³/mol. The number of carboxylic acid groups (broad SMARTS) is 2. The number of carboxylic acids is 2. The van der Waals surface area contributed by atoms with Gasteiger partial charge in [0.1, 0.15) is 0 Å². The van der Waals surface area contributed by atoms with E-state index in [2.05, 4.69) is 0 Å². The first-order valence-corrected chi connectivity index (χ1v) is 1.11. The van der Waals surface area contributed by atoms with E-state index in [-0.39, 0.29) is 19.5 Å². The molecule has 0 aliphatic rings. The topological polar surface area (TPSA) is 74.6 Å². The molecule has 2 N–H and O–H groups in total. The smallest absolute Gasteiger partial charge is 0.473 e. The molecule has 0 rings (SSSR count). The number of hydrogen-bond acceptors (Lipinski definition) is 2. The normalized spacial score (nSPS) is 6.29. The van der Waals surface area contributed by atoms with Crippen LogP contribution in [0.4, 0.5) is 0 Å². The summed E-state index contributed by atoms with van der Waals surface area (Å²) in [7, 11) is 0. The molecule has 0 aliphatic heterocycles. The van der Waals surface area contributed by atoms with Crippen molar-refractivity contribution in [3.8, 4) is 0 Å². The van der Waals surface area contributed by atoms with Crippen molar-refractivity contribution in [2.45, 2.75) is 0 Å². The SMILES string of the molecule is O=C(O)C(=O)O.[Zn+2]. The van der Waals surface area contributed by atoms with Gasteiger partial charge in [0.2, 0.25) is 0 Å². The standard InChI is InChI=1S/C2H2O4.Zn/c3-1(4)2(5)6;/h(H,3,4)(H,5,6);/q;+2. The van der Waals surface area contributed by atoms with E-state index in [1.54, 1.807) is 0 Å². The van der Waals surface area contributed by atoms with Crippen LogP contribution in [0.25, 0.3) is 0 Å². The molecular weight excluding hydrogens is 153 g/mol. The molecule has 0 aromatic carbocycles. The summed E-state index contributed by atoms with van der Waals surface area (Å²) in [5, 5.41) is 14.8. The first-order valence-electron chi connectivity index (χ1n) is 1.11. The van der Waals surface area contributed by atoms with Gasteiger partial charge < -0.3 is 10.2 Å². The average Bonchev–Trinajstić information content (AvgIpc) is 1.36. The van der Waals surface area contributed by atoms with Gasteiger partial charge in [0, 0.05) is 0 Å². The largest absolute Gasteiger partial charge is 2.00 e. The van der Waals surface area contributed by atoms with Crippen LogP contribution in [-0.4, -0.2) is 22.2 Å². The Bertz CT molecular complexity index is 75.7. The van der Waals surface area contributed by atoms with E-state index in [0.717, 1.165) is 0 Å². The van der Waals surface area contributed by atoms with Crippen molar-refractivity contribution >= 4 is 11.9 Å². The van der Waals surface area contributed by atoms with Gasteiger partial charge in [-0.05, 0) is 0 Å². The number of rotatable bonds is 0. The van der Waals surface area contributed by atoms with Crippen molar-refractivity contribution < 1.29 is 39.3 Å². The Labute approximate surface area is 51.9 Å². The minimum atomic E-state index is -1.82. The number of hydrogen-bond donors (Lipinski definition) is 2. The monoisotopic (exact) mass is 154 g/mol. The second kappa shape index (κ2) is 3.74. The fraction of sp³-hybridized carbons (Fsp3) is 0. The molecule has 0 bridgehead atoms. The van der Waals surface area contributed by atoms with Gasteiger partial charge in [-0.15, -0.1) is 0 Å². The van der Waals surface area contributed by atoms with Gasteiger partial charge in [-0.1, -0.05) is 0 Å². The first kappa shape index (κ1) is 9.76. The zero-order valence-corrected chi connectivity index (χ0v) is 6.39. The maximum atomic E-state index is 9.10. The third-order valence-electron chi connectivity index (χ3n) is 0.183. The number of carbonyl (C=O) groups is 2. The minimum Gasteiger partial charge on any atom is -0.473 e. The molecule has 0 amide bonds. The van der Waals surface area contributed by atoms with E-state index < -0.39 is 11.9 Å². The van der Waals surface area contributed by atoms with Gasteiger partial charge in [0.05, 0.1) is 0 Å². The molecule has 0 aliphatic carbocycles. The molecule has 34 valence electrons. The summed E-state index contributed by atoms with van der Waals surface area (Å²) in [6, 6.07) is 0. The van der Waals surface area contributed by atoms with Gasteiger partial charge in [0.15, 0.2) is 0 Å². The van der Waals surface area contributed by atoms with Crippen molar-refractivity contribution in [1.29, 1.82) is 0 Å². The average molecular weight is 155 g/mol. The second-order valence-electron chi connectivity index (χ2n) is 0.610. The summed E-state index contributed by atoms with van der Waals surface area (Å²) in [4.78, 5) is 18.2. The summed E-state index contributed by atoms with van der Waals surface area (Å²) in [5.41, 5.74) is 0. The van der Waals surface area contributed by atoms with E-state index in [1.807, 2.05) is 0 Å². The van der Waals surface area contributed by atoms with Crippen LogP contribution < -0.4 is 0 Å². The quantitative estimate of drug-likeness (QED) is 0.353. The van der Waals surface area contributed by atoms with Crippen molar-refractivity contribution in [3.05, 3.63) is 0 Å². The molecule has 0 radical (unpaired) electrons. The van der Waals surface area contributed by atoms with Crippen molar-refractivity contribution in [1.82, 2.24) is 0 Å². The second-order valence-corrected chi connectivity index (χ2v) is 0.610. The maximum absolute atomic E-state index is 9.10. The van der Waals surface area contributed by atoms with Crippen LogP contribution in [-0.2, 0) is 29.1 Å². The van der Waals surface area contributed by atoms with Crippen LogP contribution in [0.1, 0.15) is 0 Å². The molecule has 5 heteroatoms. The Hall–Kier alpha value is -0.437. The molecule has 0 saturated heterocycles. The summed E-state index contributed by atoms with van der Waals surface area (Å²) < 4.78 is 0. The Morgan fingerprint density at radius 2 is 1.14 bits per heavy atom. The van der Waals surface area contributed by atoms with Crippen LogP contribution in [0.5, 0.6) is 0 Å². The number of aliphatic carboxylic acids is 2. The van der Waals surface area contributed by atoms with Crippen LogP contribution in [0, 0.1) is 0 Å². The molecule has 0 fully saturated rings. The zero-order chi connectivity index (χ0) is 5.15. The van der Waals surface area contributed by atoms with Crippen LogP contribution in [0.3, 0.4) is 0 Å². The minimum absolute atomic E-state index is 0. The Morgan fingerprint density at radius 1 is 1.00 bits per heavy atom. The van der Waals surface area contributed by atoms with Gasteiger partial charge >= 0.3 is 31.4 Å². The Kier molecular flexibility index (Phi) is 5.22. The van der Waals surface area contributed by atoms with Crippen molar-refractivity contribution in [2.75, 3.05) is 0 Å². The molecule has 0 saturated carbocycles. The zero-order valence-electron chi connectivity index (χ0n) is 3.42. The Morgan fingerprint density at radius 3 is 1.14 bits per heavy atom. The van der Waals surface area contributed by atoms with Gasteiger partial charge in [0.25, 0.3) is 0 Å². The summed E-state index contributed by atoms with van der Waals surface area (Å²) in [6.07, 6.45) is 0. The molecule has 4 nitrogen and oxygen atoms in total. The summed E-state index contributed by atoms with van der Waals surface area (Å²) >= 11 is 0. The summed E-state index contributed by atoms with van der Waals surface area (Å²) in [5.74, 6) is -3.65. The van der Waals surface area contributed by atoms with Crippen molar-refractivity contribution in [2.24, 2.45) is 0 Å². The Balaban J connectivity index is 0. The van der Waals surface area contributed by atoms with E-state index in [0.29, 0.717) is 0 Å². The molecule has 0 aromatic rings. The first-order chi connectivity index (χ1) is 2.64.